The SMILES string of the molecule is NC(=O)NN=O.O=NNC(=O)O. The Labute approximate surface area is 65.0 Å². The van der Waals surface area contributed by atoms with E-state index in [1.165, 1.54) is 10.9 Å². The fourth-order valence-electron chi connectivity index (χ4n) is 0.0840. The molecule has 0 radical (unpaired) electrons. The van der Waals surface area contributed by atoms with E-state index in [0.717, 1.165) is 0 Å². The van der Waals surface area contributed by atoms with E-state index in [2.05, 4.69) is 5.73 Å². The van der Waals surface area contributed by atoms with Crippen LogP contribution in [0.3, 0.4) is 0 Å². The van der Waals surface area contributed by atoms with Gasteiger partial charge in [-0.15, -0.1) is 9.81 Å². The zero-order valence-corrected chi connectivity index (χ0v) is 5.55. The molecule has 0 spiro atoms. The van der Waals surface area contributed by atoms with Gasteiger partial charge in [0.1, 0.15) is 0 Å². The number of primary amides is 1. The van der Waals surface area contributed by atoms with E-state index in [4.69, 9.17) is 14.9 Å². The topological polar surface area (TPSA) is 163 Å². The van der Waals surface area contributed by atoms with Gasteiger partial charge >= 0.3 is 12.1 Å². The van der Waals surface area contributed by atoms with Gasteiger partial charge in [0.15, 0.2) is 0 Å². The molecule has 0 atom stereocenters. The molecule has 0 aliphatic carbocycles. The highest BCUT2D eigenvalue weighted by molar-refractivity contribution is 5.70. The van der Waals surface area contributed by atoms with Crippen molar-refractivity contribution in [3.05, 3.63) is 9.81 Å². The van der Waals surface area contributed by atoms with Crippen molar-refractivity contribution in [3.63, 3.8) is 0 Å². The third-order valence-electron chi connectivity index (χ3n) is 0.297. The Morgan fingerprint density at radius 1 is 1.17 bits per heavy atom. The van der Waals surface area contributed by atoms with Gasteiger partial charge in [0.05, 0.1) is 10.6 Å². The number of carbonyl (C=O) groups excluding carboxylic acids is 1. The van der Waals surface area contributed by atoms with Crippen LogP contribution >= 0.6 is 0 Å². The number of nitroso groups, excluding NO2 is 2. The summed E-state index contributed by atoms with van der Waals surface area (Å²) in [5.74, 6) is 0. The third kappa shape index (κ3) is 25.1. The van der Waals surface area contributed by atoms with E-state index in [9.17, 15) is 9.59 Å². The van der Waals surface area contributed by atoms with E-state index < -0.39 is 12.1 Å². The number of nitrogens with two attached hydrogens (primary N) is 1. The first kappa shape index (κ1) is 12.4. The number of nitrogens with zero attached hydrogens (tertiary/aromatic N) is 2. The minimum absolute atomic E-state index is 0.940. The van der Waals surface area contributed by atoms with Crippen LogP contribution in [-0.2, 0) is 0 Å². The summed E-state index contributed by atoms with van der Waals surface area (Å²) in [7, 11) is 0. The lowest BCUT2D eigenvalue weighted by atomic mass is 11.2. The molecule has 12 heavy (non-hydrogen) atoms. The van der Waals surface area contributed by atoms with Crippen LogP contribution in [0.1, 0.15) is 0 Å². The van der Waals surface area contributed by atoms with Crippen molar-refractivity contribution in [3.8, 4) is 0 Å². The van der Waals surface area contributed by atoms with Gasteiger partial charge in [-0.1, -0.05) is 0 Å². The smallest absolute Gasteiger partial charge is 0.427 e. The maximum atomic E-state index is 9.42. The Hall–Kier alpha value is -2.26. The summed E-state index contributed by atoms with van der Waals surface area (Å²) in [6, 6.07) is -0.940. The van der Waals surface area contributed by atoms with E-state index in [1.54, 1.807) is 0 Å². The Morgan fingerprint density at radius 3 is 1.58 bits per heavy atom. The van der Waals surface area contributed by atoms with Crippen LogP contribution in [0.5, 0.6) is 0 Å². The second-order valence-electron chi connectivity index (χ2n) is 1.08. The Morgan fingerprint density at radius 2 is 1.58 bits per heavy atom. The average Bonchev–Trinajstić information content (AvgIpc) is 1.87. The van der Waals surface area contributed by atoms with E-state index in [0.29, 0.717) is 0 Å². The van der Waals surface area contributed by atoms with Crippen molar-refractivity contribution in [2.75, 3.05) is 0 Å². The molecule has 0 aliphatic rings. The molecule has 0 aromatic rings. The number of amides is 3. The number of nitrogens with one attached hydrogen (secondary N) is 2. The summed E-state index contributed by atoms with van der Waals surface area (Å²) < 4.78 is 0. The monoisotopic (exact) mass is 179 g/mol. The fraction of sp³-hybridized carbons (Fsp3) is 0. The lowest BCUT2D eigenvalue weighted by molar-refractivity contribution is 0.195. The molecule has 68 valence electrons. The average molecular weight is 179 g/mol. The Kier molecular flexibility index (Phi) is 9.05. The van der Waals surface area contributed by atoms with Gasteiger partial charge in [0.25, 0.3) is 0 Å². The van der Waals surface area contributed by atoms with Crippen molar-refractivity contribution < 1.29 is 14.7 Å². The molecule has 0 rings (SSSR count). The number of hydrogen-bond donors (Lipinski definition) is 4. The van der Waals surface area contributed by atoms with Gasteiger partial charge in [-0.3, -0.25) is 0 Å². The standard InChI is InChI=1S/CH3N3O2.CH2N2O3/c2-1(5)3-4-6;4-1(5)2-3-6/h(H3,2,3,5,6);(H,2,6)(H,4,5). The first-order valence-corrected chi connectivity index (χ1v) is 2.23. The Balaban J connectivity index is 0. The van der Waals surface area contributed by atoms with Crippen LogP contribution in [0.15, 0.2) is 10.6 Å². The number of hydrogen-bond acceptors (Lipinski definition) is 6. The van der Waals surface area contributed by atoms with Crippen LogP contribution in [0, 0.1) is 9.81 Å². The van der Waals surface area contributed by atoms with Gasteiger partial charge in [0, 0.05) is 0 Å². The van der Waals surface area contributed by atoms with Gasteiger partial charge in [-0.2, -0.15) is 10.9 Å². The molecule has 10 nitrogen and oxygen atoms in total. The highest BCUT2D eigenvalue weighted by Gasteiger charge is 1.84. The summed E-state index contributed by atoms with van der Waals surface area (Å²) in [6.07, 6.45) is -1.44. The predicted molar refractivity (Wildman–Crippen MR) is 35.5 cm³/mol. The van der Waals surface area contributed by atoms with E-state index >= 15 is 0 Å². The lowest BCUT2D eigenvalue weighted by Gasteiger charge is -1.77. The molecule has 0 saturated heterocycles. The molecule has 0 bridgehead atoms. The van der Waals surface area contributed by atoms with Gasteiger partial charge in [-0.05, 0) is 0 Å². The quantitative estimate of drug-likeness (QED) is 0.323. The lowest BCUT2D eigenvalue weighted by Crippen LogP contribution is -2.23. The van der Waals surface area contributed by atoms with Crippen molar-refractivity contribution in [1.29, 1.82) is 0 Å². The Bertz CT molecular complexity index is 159. The molecule has 0 aliphatic heterocycles. The molecule has 0 heterocycles. The molecule has 0 aromatic heterocycles. The second-order valence-corrected chi connectivity index (χ2v) is 1.08. The molecule has 5 N–H and O–H groups in total. The number of rotatable bonds is 2. The molecule has 3 amide bonds. The number of urea groups is 1. The van der Waals surface area contributed by atoms with Crippen LogP contribution in [-0.4, -0.2) is 17.2 Å². The van der Waals surface area contributed by atoms with Crippen LogP contribution in [0.2, 0.25) is 0 Å². The summed E-state index contributed by atoms with van der Waals surface area (Å²) in [6.45, 7) is 0. The van der Waals surface area contributed by atoms with Crippen LogP contribution in [0.25, 0.3) is 0 Å². The van der Waals surface area contributed by atoms with Crippen molar-refractivity contribution >= 4 is 12.1 Å². The highest BCUT2D eigenvalue weighted by atomic mass is 16.4. The summed E-state index contributed by atoms with van der Waals surface area (Å²) in [5, 5.41) is 11.3. The first-order valence-electron chi connectivity index (χ1n) is 2.23. The predicted octanol–water partition coefficient (Wildman–Crippen LogP) is -0.728. The third-order valence-corrected chi connectivity index (χ3v) is 0.297. The zero-order valence-electron chi connectivity index (χ0n) is 5.55. The minimum Gasteiger partial charge on any atom is -0.464 e. The number of carboxylic acid groups (broad SMARTS) is 1. The van der Waals surface area contributed by atoms with Gasteiger partial charge in [0.2, 0.25) is 0 Å². The van der Waals surface area contributed by atoms with E-state index in [-0.39, 0.29) is 0 Å². The minimum atomic E-state index is -1.44. The summed E-state index contributed by atoms with van der Waals surface area (Å²) in [4.78, 5) is 36.4. The molecular weight excluding hydrogens is 174 g/mol. The molecule has 0 fully saturated rings. The number of carbonyl (C=O) groups is 2. The van der Waals surface area contributed by atoms with E-state index in [1.807, 2.05) is 10.6 Å². The maximum Gasteiger partial charge on any atom is 0.427 e. The maximum absolute atomic E-state index is 9.42. The summed E-state index contributed by atoms with van der Waals surface area (Å²) >= 11 is 0. The van der Waals surface area contributed by atoms with Crippen molar-refractivity contribution in [2.24, 2.45) is 16.3 Å². The zero-order chi connectivity index (χ0) is 9.98. The second kappa shape index (κ2) is 8.74. The normalized spacial score (nSPS) is 6.67. The first-order chi connectivity index (χ1) is 5.54. The molecule has 0 unspecified atom stereocenters. The largest absolute Gasteiger partial charge is 0.464 e. The van der Waals surface area contributed by atoms with Crippen molar-refractivity contribution in [2.45, 2.75) is 0 Å². The van der Waals surface area contributed by atoms with Gasteiger partial charge in [-0.25, -0.2) is 9.59 Å². The fourth-order valence-corrected chi connectivity index (χ4v) is 0.0840. The van der Waals surface area contributed by atoms with Gasteiger partial charge < -0.3 is 10.8 Å². The molecule has 0 aromatic carbocycles. The van der Waals surface area contributed by atoms with Crippen molar-refractivity contribution in [1.82, 2.24) is 10.9 Å². The molecule has 10 heteroatoms. The molecule has 0 saturated carbocycles. The summed E-state index contributed by atoms with van der Waals surface area (Å²) in [5.41, 5.74) is 6.97. The van der Waals surface area contributed by atoms with Crippen LogP contribution in [0.4, 0.5) is 9.59 Å². The molecular formula is C2H5N5O5. The van der Waals surface area contributed by atoms with Crippen LogP contribution < -0.4 is 16.6 Å². The highest BCUT2D eigenvalue weighted by Crippen LogP contribution is 1.54.